The van der Waals surface area contributed by atoms with Crippen LogP contribution in [0.25, 0.3) is 0 Å². The summed E-state index contributed by atoms with van der Waals surface area (Å²) in [5.41, 5.74) is 0. The van der Waals surface area contributed by atoms with Crippen molar-refractivity contribution in [2.45, 2.75) is 40.5 Å². The van der Waals surface area contributed by atoms with Crippen molar-refractivity contribution in [1.29, 1.82) is 0 Å². The van der Waals surface area contributed by atoms with Gasteiger partial charge in [-0.05, 0) is 30.6 Å². The number of allylic oxidation sites excluding steroid dienone is 2. The summed E-state index contributed by atoms with van der Waals surface area (Å²) in [6.07, 6.45) is 4.74. The van der Waals surface area contributed by atoms with Crippen molar-refractivity contribution in [3.05, 3.63) is 12.2 Å². The second-order valence-corrected chi connectivity index (χ2v) is 6.39. The van der Waals surface area contributed by atoms with Crippen molar-refractivity contribution in [3.8, 4) is 0 Å². The third-order valence-corrected chi connectivity index (χ3v) is 4.31. The molecule has 0 heterocycles. The highest BCUT2D eigenvalue weighted by Gasteiger charge is 2.34. The second kappa shape index (κ2) is 7.46. The summed E-state index contributed by atoms with van der Waals surface area (Å²) < 4.78 is 0. The molecule has 0 aromatic carbocycles. The Labute approximate surface area is 121 Å². The Hall–Kier alpha value is -1.32. The van der Waals surface area contributed by atoms with Crippen LogP contribution in [0.2, 0.25) is 0 Å². The van der Waals surface area contributed by atoms with Crippen LogP contribution in [-0.2, 0) is 9.59 Å². The maximum Gasteiger partial charge on any atom is 0.307 e. The van der Waals surface area contributed by atoms with Gasteiger partial charge in [0.25, 0.3) is 0 Å². The molecule has 2 N–H and O–H groups in total. The quantitative estimate of drug-likeness (QED) is 0.736. The Morgan fingerprint density at radius 2 is 1.60 bits per heavy atom. The van der Waals surface area contributed by atoms with Gasteiger partial charge in [0.1, 0.15) is 0 Å². The third-order valence-electron chi connectivity index (χ3n) is 4.31. The molecule has 1 rings (SSSR count). The molecular weight excluding hydrogens is 254 g/mol. The van der Waals surface area contributed by atoms with Gasteiger partial charge < -0.3 is 10.4 Å². The summed E-state index contributed by atoms with van der Waals surface area (Å²) in [6, 6.07) is 0. The first kappa shape index (κ1) is 16.7. The third kappa shape index (κ3) is 4.36. The van der Waals surface area contributed by atoms with E-state index in [9.17, 15) is 14.7 Å². The molecule has 0 bridgehead atoms. The first-order valence-corrected chi connectivity index (χ1v) is 7.50. The predicted molar refractivity (Wildman–Crippen MR) is 79.2 cm³/mol. The zero-order chi connectivity index (χ0) is 15.3. The lowest BCUT2D eigenvalue weighted by atomic mass is 9.81. The minimum absolute atomic E-state index is 0.118. The van der Waals surface area contributed by atoms with E-state index in [0.717, 1.165) is 0 Å². The lowest BCUT2D eigenvalue weighted by Gasteiger charge is -2.28. The Balaban J connectivity index is 2.61. The molecule has 0 aromatic rings. The summed E-state index contributed by atoms with van der Waals surface area (Å²) in [6.45, 7) is 9.24. The Morgan fingerprint density at radius 3 is 2.05 bits per heavy atom. The molecule has 0 unspecified atom stereocenters. The minimum atomic E-state index is -0.876. The molecule has 20 heavy (non-hydrogen) atoms. The fourth-order valence-electron chi connectivity index (χ4n) is 2.97. The van der Waals surface area contributed by atoms with E-state index < -0.39 is 17.8 Å². The van der Waals surface area contributed by atoms with E-state index in [4.69, 9.17) is 0 Å². The number of rotatable bonds is 6. The van der Waals surface area contributed by atoms with Crippen LogP contribution in [0, 0.1) is 29.6 Å². The average Bonchev–Trinajstić information content (AvgIpc) is 2.37. The molecule has 0 aliphatic heterocycles. The van der Waals surface area contributed by atoms with Crippen LogP contribution in [0.4, 0.5) is 0 Å². The fraction of sp³-hybridized carbons (Fsp3) is 0.750. The zero-order valence-corrected chi connectivity index (χ0v) is 12.9. The van der Waals surface area contributed by atoms with Crippen LogP contribution in [-0.4, -0.2) is 23.5 Å². The number of carbonyl (C=O) groups is 2. The molecule has 1 aliphatic rings. The van der Waals surface area contributed by atoms with Crippen molar-refractivity contribution < 1.29 is 14.7 Å². The molecule has 1 aliphatic carbocycles. The smallest absolute Gasteiger partial charge is 0.307 e. The van der Waals surface area contributed by atoms with Gasteiger partial charge in [-0.15, -0.1) is 0 Å². The molecule has 4 nitrogen and oxygen atoms in total. The first-order valence-electron chi connectivity index (χ1n) is 7.50. The Bertz CT molecular complexity index is 366. The normalized spacial score (nSPS) is 22.6. The van der Waals surface area contributed by atoms with Crippen molar-refractivity contribution in [2.24, 2.45) is 29.6 Å². The Kier molecular flexibility index (Phi) is 6.24. The van der Waals surface area contributed by atoms with Crippen molar-refractivity contribution in [1.82, 2.24) is 5.32 Å². The van der Waals surface area contributed by atoms with Gasteiger partial charge in [0, 0.05) is 6.54 Å². The number of carbonyl (C=O) groups excluding carboxylic acids is 1. The van der Waals surface area contributed by atoms with Crippen LogP contribution in [0.1, 0.15) is 40.5 Å². The van der Waals surface area contributed by atoms with Gasteiger partial charge in [0.2, 0.25) is 5.91 Å². The van der Waals surface area contributed by atoms with Gasteiger partial charge >= 0.3 is 5.97 Å². The standard InChI is InChI=1S/C16H27NO3/c1-10(2)14(11(3)4)9-17-15(18)12-7-5-6-8-13(12)16(19)20/h5-6,10-14H,7-9H2,1-4H3,(H,17,18)(H,19,20)/t12-,13+/m1/s1. The molecule has 0 spiro atoms. The molecule has 0 saturated carbocycles. The van der Waals surface area contributed by atoms with E-state index in [-0.39, 0.29) is 5.91 Å². The summed E-state index contributed by atoms with van der Waals surface area (Å²) in [4.78, 5) is 23.5. The average molecular weight is 281 g/mol. The van der Waals surface area contributed by atoms with Crippen LogP contribution >= 0.6 is 0 Å². The number of carboxylic acid groups (broad SMARTS) is 1. The van der Waals surface area contributed by atoms with E-state index in [1.165, 1.54) is 0 Å². The maximum atomic E-state index is 12.3. The molecule has 0 aromatic heterocycles. The summed E-state index contributed by atoms with van der Waals surface area (Å²) in [5, 5.41) is 12.2. The van der Waals surface area contributed by atoms with Crippen LogP contribution in [0.15, 0.2) is 12.2 Å². The highest BCUT2D eigenvalue weighted by Crippen LogP contribution is 2.26. The maximum absolute atomic E-state index is 12.3. The van der Waals surface area contributed by atoms with Gasteiger partial charge in [-0.2, -0.15) is 0 Å². The van der Waals surface area contributed by atoms with Crippen LogP contribution in [0.3, 0.4) is 0 Å². The van der Waals surface area contributed by atoms with E-state index >= 15 is 0 Å². The summed E-state index contributed by atoms with van der Waals surface area (Å²) in [5.74, 6) is -0.601. The Morgan fingerprint density at radius 1 is 1.10 bits per heavy atom. The first-order chi connectivity index (χ1) is 9.34. The predicted octanol–water partition coefficient (Wildman–Crippen LogP) is 2.70. The second-order valence-electron chi connectivity index (χ2n) is 6.39. The number of nitrogens with one attached hydrogen (secondary N) is 1. The topological polar surface area (TPSA) is 66.4 Å². The number of hydrogen-bond acceptors (Lipinski definition) is 2. The summed E-state index contributed by atoms with van der Waals surface area (Å²) in [7, 11) is 0. The zero-order valence-electron chi connectivity index (χ0n) is 12.9. The molecule has 1 amide bonds. The monoisotopic (exact) mass is 281 g/mol. The lowest BCUT2D eigenvalue weighted by Crippen LogP contribution is -2.42. The van der Waals surface area contributed by atoms with E-state index in [1.54, 1.807) is 0 Å². The highest BCUT2D eigenvalue weighted by molar-refractivity contribution is 5.85. The lowest BCUT2D eigenvalue weighted by molar-refractivity contribution is -0.147. The van der Waals surface area contributed by atoms with Gasteiger partial charge in [0.15, 0.2) is 0 Å². The molecule has 0 fully saturated rings. The van der Waals surface area contributed by atoms with Gasteiger partial charge in [-0.3, -0.25) is 9.59 Å². The number of aliphatic carboxylic acids is 1. The SMILES string of the molecule is CC(C)C(CNC(=O)[C@@H]1CC=CC[C@@H]1C(=O)O)C(C)C. The molecule has 2 atom stereocenters. The highest BCUT2D eigenvalue weighted by atomic mass is 16.4. The molecule has 0 radical (unpaired) electrons. The number of hydrogen-bond donors (Lipinski definition) is 2. The molecule has 114 valence electrons. The van der Waals surface area contributed by atoms with Gasteiger partial charge in [-0.25, -0.2) is 0 Å². The summed E-state index contributed by atoms with van der Waals surface area (Å²) >= 11 is 0. The molecule has 4 heteroatoms. The largest absolute Gasteiger partial charge is 0.481 e. The van der Waals surface area contributed by atoms with E-state index in [1.807, 2.05) is 12.2 Å². The number of carboxylic acids is 1. The number of amides is 1. The van der Waals surface area contributed by atoms with E-state index in [2.05, 4.69) is 33.0 Å². The fourth-order valence-corrected chi connectivity index (χ4v) is 2.97. The van der Waals surface area contributed by atoms with Gasteiger partial charge in [0.05, 0.1) is 11.8 Å². The van der Waals surface area contributed by atoms with Crippen LogP contribution < -0.4 is 5.32 Å². The minimum Gasteiger partial charge on any atom is -0.481 e. The van der Waals surface area contributed by atoms with Crippen molar-refractivity contribution in [3.63, 3.8) is 0 Å². The van der Waals surface area contributed by atoms with E-state index in [0.29, 0.717) is 37.1 Å². The molecular formula is C16H27NO3. The van der Waals surface area contributed by atoms with Crippen molar-refractivity contribution >= 4 is 11.9 Å². The van der Waals surface area contributed by atoms with Crippen molar-refractivity contribution in [2.75, 3.05) is 6.54 Å². The van der Waals surface area contributed by atoms with Crippen LogP contribution in [0.5, 0.6) is 0 Å². The van der Waals surface area contributed by atoms with Gasteiger partial charge in [-0.1, -0.05) is 39.8 Å². The molecule has 0 saturated heterocycles.